The maximum Gasteiger partial charge on any atom is 0.303 e. The molecule has 0 saturated heterocycles. The monoisotopic (exact) mass is 264 g/mol. The number of carbonyl (C=O) groups is 1. The molecule has 0 spiro atoms. The molecule has 4 heteroatoms. The summed E-state index contributed by atoms with van der Waals surface area (Å²) < 4.78 is 10.8. The Morgan fingerprint density at radius 3 is 2.53 bits per heavy atom. The van der Waals surface area contributed by atoms with E-state index in [4.69, 9.17) is 14.6 Å². The molecule has 0 amide bonds. The minimum Gasteiger partial charge on any atom is -0.497 e. The number of rotatable bonds is 6. The number of carboxylic acid groups (broad SMARTS) is 1. The summed E-state index contributed by atoms with van der Waals surface area (Å²) in [5, 5.41) is 9.11. The average molecular weight is 264 g/mol. The molecule has 0 radical (unpaired) electrons. The van der Waals surface area contributed by atoms with Crippen LogP contribution in [0.25, 0.3) is 0 Å². The molecular formula is C15H20O4. The highest BCUT2D eigenvalue weighted by Crippen LogP contribution is 2.48. The van der Waals surface area contributed by atoms with Crippen molar-refractivity contribution in [1.82, 2.24) is 0 Å². The first-order chi connectivity index (χ1) is 9.06. The molecule has 1 fully saturated rings. The van der Waals surface area contributed by atoms with Gasteiger partial charge < -0.3 is 14.6 Å². The minimum absolute atomic E-state index is 0.0150. The van der Waals surface area contributed by atoms with E-state index in [1.807, 2.05) is 19.1 Å². The molecule has 2 rings (SSSR count). The Kier molecular flexibility index (Phi) is 3.98. The average Bonchev–Trinajstić information content (AvgIpc) is 3.19. The normalized spacial score (nSPS) is 15.9. The van der Waals surface area contributed by atoms with Crippen LogP contribution in [0.3, 0.4) is 0 Å². The van der Waals surface area contributed by atoms with Crippen LogP contribution in [0, 0.1) is 12.8 Å². The predicted molar refractivity (Wildman–Crippen MR) is 72.0 cm³/mol. The molecule has 1 N–H and O–H groups in total. The lowest BCUT2D eigenvalue weighted by Crippen LogP contribution is -2.10. The number of carboxylic acids is 1. The second-order valence-electron chi connectivity index (χ2n) is 5.11. The Morgan fingerprint density at radius 2 is 2.05 bits per heavy atom. The summed E-state index contributed by atoms with van der Waals surface area (Å²) >= 11 is 0. The van der Waals surface area contributed by atoms with E-state index < -0.39 is 5.97 Å². The fourth-order valence-electron chi connectivity index (χ4n) is 2.66. The van der Waals surface area contributed by atoms with E-state index in [1.165, 1.54) is 0 Å². The largest absolute Gasteiger partial charge is 0.497 e. The SMILES string of the molecule is COc1cc(C)c(OC)c(C(CC(=O)O)C2CC2)c1. The predicted octanol–water partition coefficient (Wildman–Crippen LogP) is 2.98. The fraction of sp³-hybridized carbons (Fsp3) is 0.533. The molecule has 1 aromatic rings. The molecule has 19 heavy (non-hydrogen) atoms. The van der Waals surface area contributed by atoms with Crippen molar-refractivity contribution in [2.75, 3.05) is 14.2 Å². The van der Waals surface area contributed by atoms with Gasteiger partial charge in [-0.25, -0.2) is 0 Å². The number of benzene rings is 1. The molecule has 104 valence electrons. The van der Waals surface area contributed by atoms with E-state index in [0.29, 0.717) is 5.92 Å². The Labute approximate surface area is 113 Å². The lowest BCUT2D eigenvalue weighted by Gasteiger charge is -2.20. The summed E-state index contributed by atoms with van der Waals surface area (Å²) in [5.74, 6) is 1.25. The molecule has 1 saturated carbocycles. The quantitative estimate of drug-likeness (QED) is 0.858. The van der Waals surface area contributed by atoms with Crippen molar-refractivity contribution in [2.45, 2.75) is 32.1 Å². The van der Waals surface area contributed by atoms with Crippen LogP contribution in [0.15, 0.2) is 12.1 Å². The molecule has 1 atom stereocenters. The van der Waals surface area contributed by atoms with Crippen molar-refractivity contribution in [3.63, 3.8) is 0 Å². The van der Waals surface area contributed by atoms with Gasteiger partial charge in [-0.05, 0) is 43.4 Å². The highest BCUT2D eigenvalue weighted by Gasteiger charge is 2.36. The van der Waals surface area contributed by atoms with Crippen LogP contribution in [0.5, 0.6) is 11.5 Å². The van der Waals surface area contributed by atoms with E-state index in [0.717, 1.165) is 35.5 Å². The number of ether oxygens (including phenoxy) is 2. The number of hydrogen-bond donors (Lipinski definition) is 1. The number of methoxy groups -OCH3 is 2. The zero-order valence-corrected chi connectivity index (χ0v) is 11.6. The highest BCUT2D eigenvalue weighted by molar-refractivity contribution is 5.69. The van der Waals surface area contributed by atoms with Gasteiger partial charge in [0.05, 0.1) is 20.6 Å². The smallest absolute Gasteiger partial charge is 0.303 e. The molecule has 0 heterocycles. The summed E-state index contributed by atoms with van der Waals surface area (Å²) in [7, 11) is 3.25. The van der Waals surface area contributed by atoms with Gasteiger partial charge in [0.1, 0.15) is 11.5 Å². The molecule has 4 nitrogen and oxygen atoms in total. The van der Waals surface area contributed by atoms with Crippen LogP contribution in [0.1, 0.15) is 36.3 Å². The van der Waals surface area contributed by atoms with Gasteiger partial charge in [-0.15, -0.1) is 0 Å². The third kappa shape index (κ3) is 3.00. The zero-order valence-electron chi connectivity index (χ0n) is 11.6. The molecule has 0 bridgehead atoms. The molecule has 1 unspecified atom stereocenters. The van der Waals surface area contributed by atoms with Crippen LogP contribution in [0.4, 0.5) is 0 Å². The van der Waals surface area contributed by atoms with E-state index in [2.05, 4.69) is 0 Å². The standard InChI is InChI=1S/C15H20O4/c1-9-6-11(18-2)7-13(15(9)19-3)12(8-14(16)17)10-4-5-10/h6-7,10,12H,4-5,8H2,1-3H3,(H,16,17). The third-order valence-corrected chi connectivity index (χ3v) is 3.70. The second-order valence-corrected chi connectivity index (χ2v) is 5.11. The van der Waals surface area contributed by atoms with Crippen LogP contribution in [-0.2, 0) is 4.79 Å². The van der Waals surface area contributed by atoms with Crippen LogP contribution >= 0.6 is 0 Å². The summed E-state index contributed by atoms with van der Waals surface area (Å²) in [5.41, 5.74) is 1.94. The lowest BCUT2D eigenvalue weighted by molar-refractivity contribution is -0.137. The van der Waals surface area contributed by atoms with Crippen molar-refractivity contribution in [1.29, 1.82) is 0 Å². The van der Waals surface area contributed by atoms with Crippen molar-refractivity contribution in [3.05, 3.63) is 23.3 Å². The van der Waals surface area contributed by atoms with Gasteiger partial charge in [0.15, 0.2) is 0 Å². The summed E-state index contributed by atoms with van der Waals surface area (Å²) in [4.78, 5) is 11.1. The Morgan fingerprint density at radius 1 is 1.37 bits per heavy atom. The summed E-state index contributed by atoms with van der Waals surface area (Å²) in [6, 6.07) is 3.82. The topological polar surface area (TPSA) is 55.8 Å². The van der Waals surface area contributed by atoms with E-state index in [9.17, 15) is 4.79 Å². The maximum atomic E-state index is 11.1. The number of hydrogen-bond acceptors (Lipinski definition) is 3. The third-order valence-electron chi connectivity index (χ3n) is 3.70. The van der Waals surface area contributed by atoms with Crippen LogP contribution < -0.4 is 9.47 Å². The molecule has 1 aliphatic carbocycles. The molecule has 0 aromatic heterocycles. The van der Waals surface area contributed by atoms with Gasteiger partial charge in [-0.1, -0.05) is 0 Å². The van der Waals surface area contributed by atoms with Gasteiger partial charge in [-0.2, -0.15) is 0 Å². The first-order valence-corrected chi connectivity index (χ1v) is 6.51. The van der Waals surface area contributed by atoms with E-state index >= 15 is 0 Å². The first kappa shape index (κ1) is 13.7. The maximum absolute atomic E-state index is 11.1. The van der Waals surface area contributed by atoms with Crippen molar-refractivity contribution in [2.24, 2.45) is 5.92 Å². The van der Waals surface area contributed by atoms with Crippen molar-refractivity contribution in [3.8, 4) is 11.5 Å². The number of aliphatic carboxylic acids is 1. The summed E-state index contributed by atoms with van der Waals surface area (Å²) in [6.45, 7) is 1.95. The van der Waals surface area contributed by atoms with Gasteiger partial charge in [-0.3, -0.25) is 4.79 Å². The fourth-order valence-corrected chi connectivity index (χ4v) is 2.66. The van der Waals surface area contributed by atoms with Crippen LogP contribution in [0.2, 0.25) is 0 Å². The minimum atomic E-state index is -0.764. The molecule has 1 aromatic carbocycles. The van der Waals surface area contributed by atoms with Gasteiger partial charge in [0.25, 0.3) is 0 Å². The highest BCUT2D eigenvalue weighted by atomic mass is 16.5. The Hall–Kier alpha value is -1.71. The number of aryl methyl sites for hydroxylation is 1. The van der Waals surface area contributed by atoms with E-state index in [-0.39, 0.29) is 12.3 Å². The van der Waals surface area contributed by atoms with Gasteiger partial charge in [0, 0.05) is 11.5 Å². The van der Waals surface area contributed by atoms with E-state index in [1.54, 1.807) is 14.2 Å². The first-order valence-electron chi connectivity index (χ1n) is 6.51. The molecule has 1 aliphatic rings. The lowest BCUT2D eigenvalue weighted by atomic mass is 9.89. The van der Waals surface area contributed by atoms with Crippen LogP contribution in [-0.4, -0.2) is 25.3 Å². The summed E-state index contributed by atoms with van der Waals surface area (Å²) in [6.07, 6.45) is 2.34. The molecular weight excluding hydrogens is 244 g/mol. The Bertz CT molecular complexity index is 477. The molecule has 0 aliphatic heterocycles. The van der Waals surface area contributed by atoms with Crippen molar-refractivity contribution >= 4 is 5.97 Å². The zero-order chi connectivity index (χ0) is 14.0. The Balaban J connectivity index is 2.44. The van der Waals surface area contributed by atoms with Gasteiger partial charge >= 0.3 is 5.97 Å². The van der Waals surface area contributed by atoms with Gasteiger partial charge in [0.2, 0.25) is 0 Å². The second kappa shape index (κ2) is 5.51. The van der Waals surface area contributed by atoms with Crippen molar-refractivity contribution < 1.29 is 19.4 Å².